The van der Waals surface area contributed by atoms with Crippen molar-refractivity contribution >= 4 is 44.6 Å². The molecule has 0 radical (unpaired) electrons. The molecule has 3 nitrogen and oxygen atoms in total. The SMILES string of the molecule is Cc1nc(-c2ccc(Br)s2)sc1C(=O)O. The van der Waals surface area contributed by atoms with Crippen LogP contribution in [-0.4, -0.2) is 16.1 Å². The summed E-state index contributed by atoms with van der Waals surface area (Å²) in [5, 5.41) is 9.66. The summed E-state index contributed by atoms with van der Waals surface area (Å²) in [6.07, 6.45) is 0. The van der Waals surface area contributed by atoms with Gasteiger partial charge in [0.15, 0.2) is 0 Å². The van der Waals surface area contributed by atoms with Gasteiger partial charge >= 0.3 is 5.97 Å². The number of aromatic nitrogens is 1. The first-order chi connectivity index (χ1) is 7.08. The topological polar surface area (TPSA) is 50.2 Å². The number of hydrogen-bond donors (Lipinski definition) is 1. The summed E-state index contributed by atoms with van der Waals surface area (Å²) >= 11 is 6.12. The van der Waals surface area contributed by atoms with Gasteiger partial charge < -0.3 is 5.11 Å². The number of hydrogen-bond acceptors (Lipinski definition) is 4. The van der Waals surface area contributed by atoms with E-state index >= 15 is 0 Å². The minimum absolute atomic E-state index is 0.314. The van der Waals surface area contributed by atoms with Crippen molar-refractivity contribution < 1.29 is 9.90 Å². The van der Waals surface area contributed by atoms with Gasteiger partial charge in [-0.1, -0.05) is 0 Å². The van der Waals surface area contributed by atoms with Gasteiger partial charge in [0.25, 0.3) is 0 Å². The molecule has 0 bridgehead atoms. The van der Waals surface area contributed by atoms with E-state index in [4.69, 9.17) is 5.11 Å². The smallest absolute Gasteiger partial charge is 0.347 e. The number of rotatable bonds is 2. The highest BCUT2D eigenvalue weighted by Crippen LogP contribution is 2.34. The van der Waals surface area contributed by atoms with Crippen molar-refractivity contribution in [3.05, 3.63) is 26.5 Å². The van der Waals surface area contributed by atoms with Gasteiger partial charge in [-0.25, -0.2) is 9.78 Å². The summed E-state index contributed by atoms with van der Waals surface area (Å²) < 4.78 is 1.02. The molecule has 0 atom stereocenters. The quantitative estimate of drug-likeness (QED) is 0.921. The molecular weight excluding hydrogens is 298 g/mol. The number of nitrogens with zero attached hydrogens (tertiary/aromatic N) is 1. The highest BCUT2D eigenvalue weighted by atomic mass is 79.9. The summed E-state index contributed by atoms with van der Waals surface area (Å²) in [5.74, 6) is -0.910. The molecule has 2 rings (SSSR count). The normalized spacial score (nSPS) is 10.5. The molecular formula is C9H6BrNO2S2. The van der Waals surface area contributed by atoms with Crippen LogP contribution < -0.4 is 0 Å². The van der Waals surface area contributed by atoms with E-state index in [1.54, 1.807) is 18.3 Å². The van der Waals surface area contributed by atoms with E-state index in [2.05, 4.69) is 20.9 Å². The molecule has 2 aromatic rings. The van der Waals surface area contributed by atoms with E-state index in [9.17, 15) is 4.79 Å². The number of thiophene rings is 1. The second kappa shape index (κ2) is 4.03. The van der Waals surface area contributed by atoms with E-state index in [0.717, 1.165) is 13.7 Å². The maximum Gasteiger partial charge on any atom is 0.347 e. The largest absolute Gasteiger partial charge is 0.477 e. The summed E-state index contributed by atoms with van der Waals surface area (Å²) in [6.45, 7) is 1.71. The first-order valence-electron chi connectivity index (χ1n) is 4.04. The fraction of sp³-hybridized carbons (Fsp3) is 0.111. The van der Waals surface area contributed by atoms with Crippen molar-refractivity contribution in [3.63, 3.8) is 0 Å². The number of carbonyl (C=O) groups is 1. The van der Waals surface area contributed by atoms with Crippen LogP contribution in [-0.2, 0) is 0 Å². The Hall–Kier alpha value is -0.720. The molecule has 2 aromatic heterocycles. The summed E-state index contributed by atoms with van der Waals surface area (Å²) in [4.78, 5) is 16.4. The zero-order chi connectivity index (χ0) is 11.0. The highest BCUT2D eigenvalue weighted by molar-refractivity contribution is 9.11. The number of thiazole rings is 1. The van der Waals surface area contributed by atoms with E-state index in [-0.39, 0.29) is 0 Å². The van der Waals surface area contributed by atoms with E-state index in [0.29, 0.717) is 10.6 Å². The molecule has 1 N–H and O–H groups in total. The number of aryl methyl sites for hydroxylation is 1. The van der Waals surface area contributed by atoms with Crippen LogP contribution in [0.4, 0.5) is 0 Å². The Kier molecular flexibility index (Phi) is 2.90. The number of aromatic carboxylic acids is 1. The van der Waals surface area contributed by atoms with Crippen LogP contribution in [0.25, 0.3) is 9.88 Å². The third kappa shape index (κ3) is 2.11. The van der Waals surface area contributed by atoms with Crippen molar-refractivity contribution in [2.75, 3.05) is 0 Å². The molecule has 0 unspecified atom stereocenters. The van der Waals surface area contributed by atoms with Crippen molar-refractivity contribution in [2.45, 2.75) is 6.92 Å². The lowest BCUT2D eigenvalue weighted by Crippen LogP contribution is -1.94. The van der Waals surface area contributed by atoms with Crippen LogP contribution in [0, 0.1) is 6.92 Å². The standard InChI is InChI=1S/C9H6BrNO2S2/c1-4-7(9(12)13)15-8(11-4)5-2-3-6(10)14-5/h2-3H,1H3,(H,12,13). The van der Waals surface area contributed by atoms with Crippen molar-refractivity contribution in [1.82, 2.24) is 4.98 Å². The molecule has 0 saturated heterocycles. The first kappa shape index (κ1) is 10.8. The number of halogens is 1. The maximum atomic E-state index is 10.8. The lowest BCUT2D eigenvalue weighted by atomic mass is 10.4. The van der Waals surface area contributed by atoms with E-state index < -0.39 is 5.97 Å². The van der Waals surface area contributed by atoms with Gasteiger partial charge in [-0.15, -0.1) is 22.7 Å². The zero-order valence-corrected chi connectivity index (χ0v) is 10.9. The predicted molar refractivity (Wildman–Crippen MR) is 64.8 cm³/mol. The Labute approximate surface area is 103 Å². The summed E-state index contributed by atoms with van der Waals surface area (Å²) in [6, 6.07) is 3.86. The Morgan fingerprint density at radius 1 is 1.47 bits per heavy atom. The Balaban J connectivity index is 2.46. The van der Waals surface area contributed by atoms with Gasteiger partial charge in [-0.2, -0.15) is 0 Å². The van der Waals surface area contributed by atoms with Crippen molar-refractivity contribution in [2.24, 2.45) is 0 Å². The molecule has 0 saturated carbocycles. The van der Waals surface area contributed by atoms with Crippen molar-refractivity contribution in [3.8, 4) is 9.88 Å². The average Bonchev–Trinajstić information content (AvgIpc) is 2.71. The van der Waals surface area contributed by atoms with E-state index in [1.165, 1.54) is 11.3 Å². The van der Waals surface area contributed by atoms with Crippen LogP contribution in [0.3, 0.4) is 0 Å². The average molecular weight is 304 g/mol. The molecule has 2 heterocycles. The van der Waals surface area contributed by atoms with Crippen LogP contribution in [0.15, 0.2) is 15.9 Å². The van der Waals surface area contributed by atoms with Gasteiger partial charge in [-0.05, 0) is 35.0 Å². The monoisotopic (exact) mass is 303 g/mol. The molecule has 0 spiro atoms. The molecule has 0 aliphatic carbocycles. The highest BCUT2D eigenvalue weighted by Gasteiger charge is 2.15. The molecule has 6 heteroatoms. The van der Waals surface area contributed by atoms with Gasteiger partial charge in [0.2, 0.25) is 0 Å². The first-order valence-corrected chi connectivity index (χ1v) is 6.47. The third-order valence-electron chi connectivity index (χ3n) is 1.77. The minimum atomic E-state index is -0.910. The third-order valence-corrected chi connectivity index (χ3v) is 4.71. The van der Waals surface area contributed by atoms with Gasteiger partial charge in [0.1, 0.15) is 9.88 Å². The maximum absolute atomic E-state index is 10.8. The molecule has 0 aromatic carbocycles. The van der Waals surface area contributed by atoms with Crippen LogP contribution in [0.2, 0.25) is 0 Å². The second-order valence-electron chi connectivity index (χ2n) is 2.84. The lowest BCUT2D eigenvalue weighted by Gasteiger charge is -1.85. The van der Waals surface area contributed by atoms with Gasteiger partial charge in [0.05, 0.1) is 14.4 Å². The van der Waals surface area contributed by atoms with Crippen LogP contribution in [0.1, 0.15) is 15.4 Å². The van der Waals surface area contributed by atoms with Gasteiger partial charge in [0, 0.05) is 0 Å². The van der Waals surface area contributed by atoms with Crippen LogP contribution >= 0.6 is 38.6 Å². The Morgan fingerprint density at radius 3 is 2.67 bits per heavy atom. The second-order valence-corrected chi connectivity index (χ2v) is 6.30. The predicted octanol–water partition coefficient (Wildman–Crippen LogP) is 3.64. The molecule has 0 aliphatic rings. The molecule has 0 fully saturated rings. The minimum Gasteiger partial charge on any atom is -0.477 e. The molecule has 0 amide bonds. The number of carboxylic acids is 1. The molecule has 0 aliphatic heterocycles. The molecule has 15 heavy (non-hydrogen) atoms. The fourth-order valence-electron chi connectivity index (χ4n) is 1.13. The summed E-state index contributed by atoms with van der Waals surface area (Å²) in [5.41, 5.74) is 0.576. The van der Waals surface area contributed by atoms with E-state index in [1.807, 2.05) is 12.1 Å². The molecule has 78 valence electrons. The number of carboxylic acid groups (broad SMARTS) is 1. The Morgan fingerprint density at radius 2 is 2.20 bits per heavy atom. The zero-order valence-electron chi connectivity index (χ0n) is 7.65. The van der Waals surface area contributed by atoms with Crippen LogP contribution in [0.5, 0.6) is 0 Å². The Bertz CT molecular complexity index is 518. The summed E-state index contributed by atoms with van der Waals surface area (Å²) in [7, 11) is 0. The van der Waals surface area contributed by atoms with Gasteiger partial charge in [-0.3, -0.25) is 0 Å². The lowest BCUT2D eigenvalue weighted by molar-refractivity contribution is 0.0701. The van der Waals surface area contributed by atoms with Crippen molar-refractivity contribution in [1.29, 1.82) is 0 Å². The fourth-order valence-corrected chi connectivity index (χ4v) is 3.48.